The van der Waals surface area contributed by atoms with E-state index in [0.29, 0.717) is 0 Å². The Hall–Kier alpha value is -2.77. The Morgan fingerprint density at radius 2 is 1.96 bits per heavy atom. The van der Waals surface area contributed by atoms with Gasteiger partial charge in [0, 0.05) is 41.7 Å². The Labute approximate surface area is 156 Å². The molecule has 138 valence electrons. The van der Waals surface area contributed by atoms with Crippen LogP contribution < -0.4 is 0 Å². The quantitative estimate of drug-likeness (QED) is 0.583. The Balaban J connectivity index is 1.62. The highest BCUT2D eigenvalue weighted by Crippen LogP contribution is 2.31. The molecule has 1 aliphatic heterocycles. The third-order valence-corrected chi connectivity index (χ3v) is 5.38. The number of H-pyrrole nitrogens is 2. The van der Waals surface area contributed by atoms with Gasteiger partial charge in [-0.1, -0.05) is 0 Å². The number of aromatic nitrogens is 5. The van der Waals surface area contributed by atoms with Crippen molar-refractivity contribution in [2.24, 2.45) is 0 Å². The summed E-state index contributed by atoms with van der Waals surface area (Å²) in [4.78, 5) is 7.39. The fourth-order valence-corrected chi connectivity index (χ4v) is 3.88. The van der Waals surface area contributed by atoms with E-state index in [4.69, 9.17) is 9.72 Å². The number of rotatable bonds is 4. The van der Waals surface area contributed by atoms with Crippen LogP contribution in [0.15, 0.2) is 30.6 Å². The minimum Gasteiger partial charge on any atom is -0.379 e. The summed E-state index contributed by atoms with van der Waals surface area (Å²) in [6, 6.07) is 6.34. The second-order valence-electron chi connectivity index (χ2n) is 7.07. The van der Waals surface area contributed by atoms with Crippen LogP contribution in [0, 0.1) is 6.92 Å². The van der Waals surface area contributed by atoms with Gasteiger partial charge in [0.25, 0.3) is 0 Å². The number of aryl methyl sites for hydroxylation is 1. The molecule has 7 heteroatoms. The normalized spacial score (nSPS) is 15.7. The van der Waals surface area contributed by atoms with Crippen molar-refractivity contribution in [2.45, 2.75) is 13.3 Å². The Bertz CT molecular complexity index is 1090. The minimum atomic E-state index is 0.822. The van der Waals surface area contributed by atoms with Gasteiger partial charge in [0.1, 0.15) is 0 Å². The van der Waals surface area contributed by atoms with E-state index in [-0.39, 0.29) is 0 Å². The molecule has 2 N–H and O–H groups in total. The maximum Gasteiger partial charge on any atom is 0.0746 e. The summed E-state index contributed by atoms with van der Waals surface area (Å²) in [5.74, 6) is 0. The highest BCUT2D eigenvalue weighted by atomic mass is 16.5. The van der Waals surface area contributed by atoms with E-state index in [0.717, 1.165) is 72.6 Å². The van der Waals surface area contributed by atoms with Crippen molar-refractivity contribution in [1.29, 1.82) is 0 Å². The molecule has 1 saturated heterocycles. The van der Waals surface area contributed by atoms with Gasteiger partial charge in [0.2, 0.25) is 0 Å². The predicted octanol–water partition coefficient (Wildman–Crippen LogP) is 2.68. The van der Waals surface area contributed by atoms with E-state index >= 15 is 0 Å². The van der Waals surface area contributed by atoms with E-state index < -0.39 is 0 Å². The summed E-state index contributed by atoms with van der Waals surface area (Å²) < 4.78 is 5.48. The van der Waals surface area contributed by atoms with Crippen molar-refractivity contribution in [3.63, 3.8) is 0 Å². The average Bonchev–Trinajstić information content (AvgIpc) is 3.35. The van der Waals surface area contributed by atoms with Crippen molar-refractivity contribution in [3.05, 3.63) is 41.9 Å². The van der Waals surface area contributed by atoms with Gasteiger partial charge in [-0.3, -0.25) is 15.1 Å². The van der Waals surface area contributed by atoms with Crippen molar-refractivity contribution in [2.75, 3.05) is 32.8 Å². The van der Waals surface area contributed by atoms with E-state index in [1.54, 1.807) is 0 Å². The molecule has 1 fully saturated rings. The Morgan fingerprint density at radius 1 is 1.11 bits per heavy atom. The average molecular weight is 362 g/mol. The molecule has 1 aromatic carbocycles. The van der Waals surface area contributed by atoms with Crippen molar-refractivity contribution >= 4 is 21.8 Å². The molecule has 0 bridgehead atoms. The van der Waals surface area contributed by atoms with Crippen LogP contribution in [-0.2, 0) is 11.2 Å². The van der Waals surface area contributed by atoms with E-state index in [9.17, 15) is 0 Å². The zero-order chi connectivity index (χ0) is 18.2. The minimum absolute atomic E-state index is 0.822. The molecule has 0 spiro atoms. The number of nitrogens with one attached hydrogen (secondary N) is 2. The van der Waals surface area contributed by atoms with Gasteiger partial charge < -0.3 is 4.74 Å². The van der Waals surface area contributed by atoms with Crippen molar-refractivity contribution in [3.8, 4) is 11.3 Å². The molecule has 0 atom stereocenters. The summed E-state index contributed by atoms with van der Waals surface area (Å²) in [7, 11) is 0. The number of fused-ring (bicyclic) bond motifs is 3. The summed E-state index contributed by atoms with van der Waals surface area (Å²) in [5.41, 5.74) is 6.40. The SMILES string of the molecule is Cc1[nH]ncc1-c1cc(CCN2CCOCC2)c2c(ccc3[nH]ncc32)n1. The highest BCUT2D eigenvalue weighted by Gasteiger charge is 2.16. The summed E-state index contributed by atoms with van der Waals surface area (Å²) in [6.45, 7) is 6.68. The second kappa shape index (κ2) is 6.75. The monoisotopic (exact) mass is 362 g/mol. The topological polar surface area (TPSA) is 82.7 Å². The number of morpholine rings is 1. The van der Waals surface area contributed by atoms with Crippen LogP contribution in [0.1, 0.15) is 11.3 Å². The van der Waals surface area contributed by atoms with Crippen LogP contribution >= 0.6 is 0 Å². The standard InChI is InChI=1S/C20H22N6O/c1-13-15(11-21-24-13)19-10-14(4-5-26-6-8-27-9-7-26)20-16-12-22-25-17(16)2-3-18(20)23-19/h2-3,10-12H,4-9H2,1H3,(H,21,24)(H,22,25). The van der Waals surface area contributed by atoms with Gasteiger partial charge in [-0.25, -0.2) is 4.98 Å². The van der Waals surface area contributed by atoms with Gasteiger partial charge in [-0.15, -0.1) is 0 Å². The van der Waals surface area contributed by atoms with Crippen LogP contribution in [0.5, 0.6) is 0 Å². The van der Waals surface area contributed by atoms with Crippen LogP contribution in [-0.4, -0.2) is 63.1 Å². The molecular weight excluding hydrogens is 340 g/mol. The van der Waals surface area contributed by atoms with Gasteiger partial charge in [-0.05, 0) is 37.1 Å². The van der Waals surface area contributed by atoms with Crippen LogP contribution in [0.4, 0.5) is 0 Å². The first-order chi connectivity index (χ1) is 13.3. The van der Waals surface area contributed by atoms with E-state index in [1.807, 2.05) is 19.3 Å². The number of benzene rings is 1. The molecule has 4 heterocycles. The molecule has 0 unspecified atom stereocenters. The van der Waals surface area contributed by atoms with Gasteiger partial charge in [0.15, 0.2) is 0 Å². The third-order valence-electron chi connectivity index (χ3n) is 5.38. The number of nitrogens with zero attached hydrogens (tertiary/aromatic N) is 4. The second-order valence-corrected chi connectivity index (χ2v) is 7.07. The van der Waals surface area contributed by atoms with Crippen LogP contribution in [0.3, 0.4) is 0 Å². The summed E-state index contributed by atoms with van der Waals surface area (Å²) in [6.07, 6.45) is 4.72. The number of hydrogen-bond acceptors (Lipinski definition) is 5. The number of hydrogen-bond donors (Lipinski definition) is 2. The summed E-state index contributed by atoms with van der Waals surface area (Å²) in [5, 5.41) is 16.8. The van der Waals surface area contributed by atoms with Gasteiger partial charge in [0.05, 0.1) is 42.3 Å². The van der Waals surface area contributed by atoms with Crippen LogP contribution in [0.2, 0.25) is 0 Å². The predicted molar refractivity (Wildman–Crippen MR) is 105 cm³/mol. The summed E-state index contributed by atoms with van der Waals surface area (Å²) >= 11 is 0. The first-order valence-corrected chi connectivity index (χ1v) is 9.36. The fourth-order valence-electron chi connectivity index (χ4n) is 3.88. The molecule has 3 aromatic heterocycles. The smallest absolute Gasteiger partial charge is 0.0746 e. The Morgan fingerprint density at radius 3 is 2.78 bits per heavy atom. The lowest BCUT2D eigenvalue weighted by Crippen LogP contribution is -2.37. The molecule has 0 radical (unpaired) electrons. The molecule has 0 amide bonds. The molecule has 0 saturated carbocycles. The van der Waals surface area contributed by atoms with Crippen LogP contribution in [0.25, 0.3) is 33.1 Å². The third kappa shape index (κ3) is 2.98. The van der Waals surface area contributed by atoms with Crippen molar-refractivity contribution in [1.82, 2.24) is 30.3 Å². The zero-order valence-corrected chi connectivity index (χ0v) is 15.3. The number of aromatic amines is 2. The first-order valence-electron chi connectivity index (χ1n) is 9.36. The van der Waals surface area contributed by atoms with Crippen molar-refractivity contribution < 1.29 is 4.74 Å². The first kappa shape index (κ1) is 16.4. The fraction of sp³-hybridized carbons (Fsp3) is 0.350. The maximum absolute atomic E-state index is 5.48. The molecule has 4 aromatic rings. The molecular formula is C20H22N6O. The number of ether oxygens (including phenoxy) is 1. The molecule has 0 aliphatic carbocycles. The lowest BCUT2D eigenvalue weighted by molar-refractivity contribution is 0.0385. The largest absolute Gasteiger partial charge is 0.379 e. The molecule has 7 nitrogen and oxygen atoms in total. The maximum atomic E-state index is 5.48. The lowest BCUT2D eigenvalue weighted by atomic mass is 9.99. The number of pyridine rings is 1. The van der Waals surface area contributed by atoms with E-state index in [1.165, 1.54) is 10.9 Å². The molecule has 5 rings (SSSR count). The Kier molecular flexibility index (Phi) is 4.10. The van der Waals surface area contributed by atoms with E-state index in [2.05, 4.69) is 43.5 Å². The lowest BCUT2D eigenvalue weighted by Gasteiger charge is -2.26. The van der Waals surface area contributed by atoms with Gasteiger partial charge >= 0.3 is 0 Å². The van der Waals surface area contributed by atoms with Gasteiger partial charge in [-0.2, -0.15) is 10.2 Å². The molecule has 27 heavy (non-hydrogen) atoms. The highest BCUT2D eigenvalue weighted by molar-refractivity contribution is 6.07. The molecule has 1 aliphatic rings. The zero-order valence-electron chi connectivity index (χ0n) is 15.3.